The zero-order chi connectivity index (χ0) is 12.0. The van der Waals surface area contributed by atoms with Gasteiger partial charge in [0.2, 0.25) is 0 Å². The first kappa shape index (κ1) is 13.1. The van der Waals surface area contributed by atoms with Crippen LogP contribution in [0, 0.1) is 5.82 Å². The van der Waals surface area contributed by atoms with Gasteiger partial charge in [-0.15, -0.1) is 0 Å². The Labute approximate surface area is 97.2 Å². The molecule has 0 saturated carbocycles. The highest BCUT2D eigenvalue weighted by Crippen LogP contribution is 2.18. The molecule has 3 nitrogen and oxygen atoms in total. The van der Waals surface area contributed by atoms with E-state index in [4.69, 9.17) is 10.5 Å². The van der Waals surface area contributed by atoms with Gasteiger partial charge in [-0.1, -0.05) is 0 Å². The fourth-order valence-corrected chi connectivity index (χ4v) is 2.54. The molecule has 1 aromatic carbocycles. The van der Waals surface area contributed by atoms with Gasteiger partial charge in [-0.05, 0) is 31.0 Å². The molecule has 1 unspecified atom stereocenters. The first-order valence-corrected chi connectivity index (χ1v) is 6.39. The second-order valence-corrected chi connectivity index (χ2v) is 4.97. The number of halogens is 1. The number of anilines is 1. The van der Waals surface area contributed by atoms with Crippen LogP contribution in [0.15, 0.2) is 23.1 Å². The van der Waals surface area contributed by atoms with Crippen LogP contribution in [0.2, 0.25) is 0 Å². The zero-order valence-corrected chi connectivity index (χ0v) is 10.1. The maximum atomic E-state index is 12.8. The number of methoxy groups -OCH3 is 1. The number of nitrogens with two attached hydrogens (primary N) is 1. The van der Waals surface area contributed by atoms with E-state index in [1.807, 2.05) is 0 Å². The van der Waals surface area contributed by atoms with E-state index in [9.17, 15) is 8.60 Å². The number of rotatable bonds is 6. The van der Waals surface area contributed by atoms with Crippen molar-refractivity contribution in [3.63, 3.8) is 0 Å². The van der Waals surface area contributed by atoms with E-state index in [0.29, 0.717) is 17.3 Å². The van der Waals surface area contributed by atoms with Crippen molar-refractivity contribution in [1.29, 1.82) is 0 Å². The van der Waals surface area contributed by atoms with Crippen LogP contribution in [0.25, 0.3) is 0 Å². The summed E-state index contributed by atoms with van der Waals surface area (Å²) in [6, 6.07) is 3.96. The molecule has 0 aromatic heterocycles. The molecular weight excluding hydrogens is 229 g/mol. The topological polar surface area (TPSA) is 52.3 Å². The van der Waals surface area contributed by atoms with Gasteiger partial charge < -0.3 is 10.5 Å². The fraction of sp³-hybridized carbons (Fsp3) is 0.455. The van der Waals surface area contributed by atoms with Gasteiger partial charge in [-0.25, -0.2) is 4.39 Å². The van der Waals surface area contributed by atoms with Crippen LogP contribution >= 0.6 is 0 Å². The summed E-state index contributed by atoms with van der Waals surface area (Å²) < 4.78 is 29.5. The Bertz CT molecular complexity index is 371. The molecule has 5 heteroatoms. The average molecular weight is 245 g/mol. The SMILES string of the molecule is COCCCCS(=O)c1ccc(F)cc1N. The van der Waals surface area contributed by atoms with Gasteiger partial charge in [0.15, 0.2) is 0 Å². The summed E-state index contributed by atoms with van der Waals surface area (Å²) in [4.78, 5) is 0.513. The van der Waals surface area contributed by atoms with Gasteiger partial charge >= 0.3 is 0 Å². The molecule has 0 bridgehead atoms. The second kappa shape index (κ2) is 6.60. The Balaban J connectivity index is 2.53. The van der Waals surface area contributed by atoms with E-state index in [-0.39, 0.29) is 5.69 Å². The zero-order valence-electron chi connectivity index (χ0n) is 9.24. The van der Waals surface area contributed by atoms with Gasteiger partial charge in [0, 0.05) is 19.5 Å². The molecule has 0 saturated heterocycles. The highest BCUT2D eigenvalue weighted by Gasteiger charge is 2.08. The summed E-state index contributed by atoms with van der Waals surface area (Å²) in [5.74, 6) is 0.122. The van der Waals surface area contributed by atoms with Crippen molar-refractivity contribution >= 4 is 16.5 Å². The predicted octanol–water partition coefficient (Wildman–Crippen LogP) is 1.94. The number of nitrogen functional groups attached to an aromatic ring is 1. The molecular formula is C11H16FNO2S. The smallest absolute Gasteiger partial charge is 0.125 e. The molecule has 1 rings (SSSR count). The lowest BCUT2D eigenvalue weighted by Crippen LogP contribution is -2.03. The third-order valence-corrected chi connectivity index (χ3v) is 3.67. The highest BCUT2D eigenvalue weighted by atomic mass is 32.2. The fourth-order valence-electron chi connectivity index (χ4n) is 1.32. The molecule has 90 valence electrons. The Morgan fingerprint density at radius 3 is 2.81 bits per heavy atom. The highest BCUT2D eigenvalue weighted by molar-refractivity contribution is 7.85. The summed E-state index contributed by atoms with van der Waals surface area (Å²) >= 11 is 0. The monoisotopic (exact) mass is 245 g/mol. The van der Waals surface area contributed by atoms with E-state index in [1.54, 1.807) is 7.11 Å². The maximum absolute atomic E-state index is 12.8. The molecule has 0 aliphatic rings. The summed E-state index contributed by atoms with van der Waals surface area (Å²) in [5.41, 5.74) is 5.85. The third kappa shape index (κ3) is 3.90. The van der Waals surface area contributed by atoms with Gasteiger partial charge in [0.1, 0.15) is 5.82 Å². The van der Waals surface area contributed by atoms with E-state index >= 15 is 0 Å². The number of hydrogen-bond donors (Lipinski definition) is 1. The van der Waals surface area contributed by atoms with E-state index in [2.05, 4.69) is 0 Å². The largest absolute Gasteiger partial charge is 0.398 e. The van der Waals surface area contributed by atoms with Crippen LogP contribution in [-0.2, 0) is 15.5 Å². The van der Waals surface area contributed by atoms with E-state index < -0.39 is 16.6 Å². The summed E-state index contributed by atoms with van der Waals surface area (Å²) in [5, 5.41) is 0. The van der Waals surface area contributed by atoms with Crippen molar-refractivity contribution in [1.82, 2.24) is 0 Å². The van der Waals surface area contributed by atoms with E-state index in [1.165, 1.54) is 18.2 Å². The summed E-state index contributed by atoms with van der Waals surface area (Å²) in [6.07, 6.45) is 1.67. The van der Waals surface area contributed by atoms with Crippen molar-refractivity contribution in [2.75, 3.05) is 25.2 Å². The average Bonchev–Trinajstić information content (AvgIpc) is 2.24. The molecule has 1 atom stereocenters. The molecule has 2 N–H and O–H groups in total. The van der Waals surface area contributed by atoms with E-state index in [0.717, 1.165) is 12.8 Å². The minimum absolute atomic E-state index is 0.255. The molecule has 0 spiro atoms. The molecule has 0 fully saturated rings. The second-order valence-electron chi connectivity index (χ2n) is 3.43. The number of unbranched alkanes of at least 4 members (excludes halogenated alkanes) is 1. The Hall–Kier alpha value is -0.940. The Kier molecular flexibility index (Phi) is 5.42. The van der Waals surface area contributed by atoms with Gasteiger partial charge in [-0.3, -0.25) is 4.21 Å². The predicted molar refractivity (Wildman–Crippen MR) is 63.2 cm³/mol. The molecule has 0 radical (unpaired) electrons. The maximum Gasteiger partial charge on any atom is 0.125 e. The van der Waals surface area contributed by atoms with Crippen LogP contribution in [0.1, 0.15) is 12.8 Å². The molecule has 0 amide bonds. The molecule has 16 heavy (non-hydrogen) atoms. The van der Waals surface area contributed by atoms with Crippen LogP contribution in [-0.4, -0.2) is 23.7 Å². The first-order valence-electron chi connectivity index (χ1n) is 5.07. The summed E-state index contributed by atoms with van der Waals surface area (Å²) in [6.45, 7) is 0.663. The number of benzene rings is 1. The lowest BCUT2D eigenvalue weighted by Gasteiger charge is -2.05. The molecule has 1 aromatic rings. The molecule has 0 heterocycles. The lowest BCUT2D eigenvalue weighted by atomic mass is 10.3. The quantitative estimate of drug-likeness (QED) is 0.615. The standard InChI is InChI=1S/C11H16FNO2S/c1-15-6-2-3-7-16(14)11-5-4-9(12)8-10(11)13/h4-5,8H,2-3,6-7,13H2,1H3. The first-order chi connectivity index (χ1) is 7.65. The Morgan fingerprint density at radius 1 is 1.44 bits per heavy atom. The number of hydrogen-bond acceptors (Lipinski definition) is 3. The minimum Gasteiger partial charge on any atom is -0.398 e. The molecule has 0 aliphatic heterocycles. The van der Waals surface area contributed by atoms with Crippen LogP contribution in [0.4, 0.5) is 10.1 Å². The van der Waals surface area contributed by atoms with Crippen LogP contribution in [0.3, 0.4) is 0 Å². The van der Waals surface area contributed by atoms with Crippen molar-refractivity contribution in [2.45, 2.75) is 17.7 Å². The van der Waals surface area contributed by atoms with Crippen molar-refractivity contribution in [2.24, 2.45) is 0 Å². The van der Waals surface area contributed by atoms with Crippen molar-refractivity contribution in [3.8, 4) is 0 Å². The Morgan fingerprint density at radius 2 is 2.19 bits per heavy atom. The number of ether oxygens (including phenoxy) is 1. The lowest BCUT2D eigenvalue weighted by molar-refractivity contribution is 0.194. The van der Waals surface area contributed by atoms with Crippen molar-refractivity contribution < 1.29 is 13.3 Å². The van der Waals surface area contributed by atoms with Crippen LogP contribution < -0.4 is 5.73 Å². The van der Waals surface area contributed by atoms with Gasteiger partial charge in [0.25, 0.3) is 0 Å². The van der Waals surface area contributed by atoms with Gasteiger partial charge in [-0.2, -0.15) is 0 Å². The van der Waals surface area contributed by atoms with Crippen LogP contribution in [0.5, 0.6) is 0 Å². The third-order valence-electron chi connectivity index (χ3n) is 2.15. The van der Waals surface area contributed by atoms with Gasteiger partial charge in [0.05, 0.1) is 21.4 Å². The summed E-state index contributed by atoms with van der Waals surface area (Å²) in [7, 11) is 0.480. The normalized spacial score (nSPS) is 12.6. The minimum atomic E-state index is -1.15. The molecule has 0 aliphatic carbocycles. The van der Waals surface area contributed by atoms with Crippen molar-refractivity contribution in [3.05, 3.63) is 24.0 Å².